The summed E-state index contributed by atoms with van der Waals surface area (Å²) in [7, 11) is 0. The lowest BCUT2D eigenvalue weighted by Gasteiger charge is -2.40. The number of primary amides is 1. The van der Waals surface area contributed by atoms with Crippen LogP contribution in [0.2, 0.25) is 0 Å². The van der Waals surface area contributed by atoms with E-state index in [2.05, 4.69) is 12.2 Å². The Balaban J connectivity index is 2.79. The minimum Gasteiger partial charge on any atom is -0.368 e. The Bertz CT molecular complexity index is 194. The van der Waals surface area contributed by atoms with Gasteiger partial charge in [0.1, 0.15) is 5.54 Å². The summed E-state index contributed by atoms with van der Waals surface area (Å²) in [6.07, 6.45) is 1.95. The van der Waals surface area contributed by atoms with E-state index < -0.39 is 5.54 Å². The number of amides is 1. The van der Waals surface area contributed by atoms with Gasteiger partial charge in [0.25, 0.3) is 0 Å². The fraction of sp³-hybridized carbons (Fsp3) is 0.889. The molecule has 4 heteroatoms. The van der Waals surface area contributed by atoms with Crippen molar-refractivity contribution in [2.75, 3.05) is 12.3 Å². The molecule has 1 amide bonds. The smallest absolute Gasteiger partial charge is 0.238 e. The van der Waals surface area contributed by atoms with Crippen molar-refractivity contribution in [3.05, 3.63) is 0 Å². The number of nitrogens with one attached hydrogen (secondary N) is 1. The molecule has 0 spiro atoms. The highest BCUT2D eigenvalue weighted by molar-refractivity contribution is 8.00. The third-order valence-corrected chi connectivity index (χ3v) is 4.14. The van der Waals surface area contributed by atoms with Crippen LogP contribution in [0.25, 0.3) is 0 Å². The molecule has 1 rings (SSSR count). The molecular formula is C9H18N2OS. The maximum Gasteiger partial charge on any atom is 0.238 e. The van der Waals surface area contributed by atoms with Crippen LogP contribution < -0.4 is 11.1 Å². The lowest BCUT2D eigenvalue weighted by molar-refractivity contribution is -0.124. The molecule has 0 aromatic rings. The molecule has 0 bridgehead atoms. The predicted molar refractivity (Wildman–Crippen MR) is 56.8 cm³/mol. The molecular weight excluding hydrogens is 184 g/mol. The fourth-order valence-electron chi connectivity index (χ4n) is 1.91. The summed E-state index contributed by atoms with van der Waals surface area (Å²) in [4.78, 5) is 11.4. The molecule has 1 aliphatic rings. The molecule has 0 saturated carbocycles. The second kappa shape index (κ2) is 4.33. The summed E-state index contributed by atoms with van der Waals surface area (Å²) in [5, 5.41) is 3.54. The number of hydrogen-bond acceptors (Lipinski definition) is 3. The third-order valence-electron chi connectivity index (χ3n) is 2.71. The van der Waals surface area contributed by atoms with Gasteiger partial charge < -0.3 is 11.1 Å². The minimum absolute atomic E-state index is 0.200. The quantitative estimate of drug-likeness (QED) is 0.709. The van der Waals surface area contributed by atoms with E-state index in [9.17, 15) is 4.79 Å². The summed E-state index contributed by atoms with van der Waals surface area (Å²) in [5.74, 6) is 0.941. The van der Waals surface area contributed by atoms with Gasteiger partial charge in [0.05, 0.1) is 0 Å². The van der Waals surface area contributed by atoms with E-state index in [0.717, 1.165) is 25.1 Å². The molecule has 0 aromatic carbocycles. The predicted octanol–water partition coefficient (Wildman–Crippen LogP) is 0.735. The van der Waals surface area contributed by atoms with Crippen molar-refractivity contribution in [3.8, 4) is 0 Å². The Morgan fingerprint density at radius 2 is 2.46 bits per heavy atom. The summed E-state index contributed by atoms with van der Waals surface area (Å²) in [5.41, 5.74) is 5.00. The van der Waals surface area contributed by atoms with Crippen LogP contribution in [-0.4, -0.2) is 29.0 Å². The van der Waals surface area contributed by atoms with E-state index >= 15 is 0 Å². The lowest BCUT2D eigenvalue weighted by atomic mass is 9.88. The number of likely N-dealkylation sites (N-methyl/N-ethyl adjacent to an activating group) is 1. The number of hydrogen-bond donors (Lipinski definition) is 2. The summed E-state index contributed by atoms with van der Waals surface area (Å²) in [6, 6.07) is 0. The van der Waals surface area contributed by atoms with Crippen LogP contribution in [0.4, 0.5) is 0 Å². The highest BCUT2D eigenvalue weighted by Crippen LogP contribution is 2.33. The minimum atomic E-state index is -0.461. The van der Waals surface area contributed by atoms with Gasteiger partial charge in [-0.2, -0.15) is 11.8 Å². The maximum atomic E-state index is 11.4. The Kier molecular flexibility index (Phi) is 3.62. The van der Waals surface area contributed by atoms with Gasteiger partial charge in [-0.1, -0.05) is 13.8 Å². The van der Waals surface area contributed by atoms with Gasteiger partial charge in [-0.25, -0.2) is 0 Å². The van der Waals surface area contributed by atoms with E-state index in [1.54, 1.807) is 0 Å². The first-order valence-corrected chi connectivity index (χ1v) is 5.85. The van der Waals surface area contributed by atoms with Gasteiger partial charge in [-0.05, 0) is 25.1 Å². The monoisotopic (exact) mass is 202 g/mol. The highest BCUT2D eigenvalue weighted by Gasteiger charge is 2.43. The normalized spacial score (nSPS) is 34.5. The second-order valence-electron chi connectivity index (χ2n) is 3.48. The summed E-state index contributed by atoms with van der Waals surface area (Å²) < 4.78 is 0. The highest BCUT2D eigenvalue weighted by atomic mass is 32.2. The first-order valence-electron chi connectivity index (χ1n) is 4.80. The molecule has 1 saturated heterocycles. The SMILES string of the molecule is CCNC1(C(N)=O)CCCSC1C. The van der Waals surface area contributed by atoms with Crippen LogP contribution in [0.3, 0.4) is 0 Å². The molecule has 0 radical (unpaired) electrons. The number of nitrogens with two attached hydrogens (primary N) is 1. The second-order valence-corrected chi connectivity index (χ2v) is 4.93. The van der Waals surface area contributed by atoms with Crippen molar-refractivity contribution < 1.29 is 4.79 Å². The molecule has 1 heterocycles. The average molecular weight is 202 g/mol. The number of carbonyl (C=O) groups is 1. The van der Waals surface area contributed by atoms with Crippen LogP contribution in [0.1, 0.15) is 26.7 Å². The van der Waals surface area contributed by atoms with Gasteiger partial charge in [-0.15, -0.1) is 0 Å². The topological polar surface area (TPSA) is 55.1 Å². The Labute approximate surface area is 83.8 Å². The molecule has 76 valence electrons. The largest absolute Gasteiger partial charge is 0.368 e. The molecule has 0 aromatic heterocycles. The van der Waals surface area contributed by atoms with Crippen molar-refractivity contribution >= 4 is 17.7 Å². The van der Waals surface area contributed by atoms with Gasteiger partial charge in [0.15, 0.2) is 0 Å². The van der Waals surface area contributed by atoms with E-state index in [4.69, 9.17) is 5.73 Å². The molecule has 2 atom stereocenters. The lowest BCUT2D eigenvalue weighted by Crippen LogP contribution is -2.62. The van der Waals surface area contributed by atoms with Crippen molar-refractivity contribution in [1.29, 1.82) is 0 Å². The van der Waals surface area contributed by atoms with Gasteiger partial charge in [-0.3, -0.25) is 4.79 Å². The fourth-order valence-corrected chi connectivity index (χ4v) is 3.18. The van der Waals surface area contributed by atoms with E-state index in [1.807, 2.05) is 18.7 Å². The van der Waals surface area contributed by atoms with Crippen LogP contribution >= 0.6 is 11.8 Å². The molecule has 0 aliphatic carbocycles. The molecule has 1 aliphatic heterocycles. The number of rotatable bonds is 3. The molecule has 3 nitrogen and oxygen atoms in total. The maximum absolute atomic E-state index is 11.4. The summed E-state index contributed by atoms with van der Waals surface area (Å²) >= 11 is 1.83. The zero-order valence-electron chi connectivity index (χ0n) is 8.30. The number of thioether (sulfide) groups is 1. The van der Waals surface area contributed by atoms with Crippen molar-refractivity contribution in [2.24, 2.45) is 5.73 Å². The van der Waals surface area contributed by atoms with E-state index in [-0.39, 0.29) is 5.91 Å². The van der Waals surface area contributed by atoms with Crippen molar-refractivity contribution in [3.63, 3.8) is 0 Å². The first-order chi connectivity index (χ1) is 6.13. The average Bonchev–Trinajstić information content (AvgIpc) is 2.09. The molecule has 1 fully saturated rings. The zero-order chi connectivity index (χ0) is 9.90. The molecule has 3 N–H and O–H groups in total. The number of carbonyl (C=O) groups excluding carboxylic acids is 1. The zero-order valence-corrected chi connectivity index (χ0v) is 9.12. The van der Waals surface area contributed by atoms with Gasteiger partial charge in [0, 0.05) is 5.25 Å². The van der Waals surface area contributed by atoms with Crippen molar-refractivity contribution in [1.82, 2.24) is 5.32 Å². The molecule has 2 unspecified atom stereocenters. The van der Waals surface area contributed by atoms with E-state index in [1.165, 1.54) is 0 Å². The summed E-state index contributed by atoms with van der Waals surface area (Å²) in [6.45, 7) is 4.89. The van der Waals surface area contributed by atoms with Gasteiger partial charge >= 0.3 is 0 Å². The van der Waals surface area contributed by atoms with Crippen LogP contribution in [-0.2, 0) is 4.79 Å². The Morgan fingerprint density at radius 3 is 2.92 bits per heavy atom. The Morgan fingerprint density at radius 1 is 1.77 bits per heavy atom. The Hall–Kier alpha value is -0.220. The molecule has 13 heavy (non-hydrogen) atoms. The van der Waals surface area contributed by atoms with Crippen LogP contribution in [0.15, 0.2) is 0 Å². The van der Waals surface area contributed by atoms with Crippen LogP contribution in [0.5, 0.6) is 0 Å². The van der Waals surface area contributed by atoms with Crippen LogP contribution in [0, 0.1) is 0 Å². The van der Waals surface area contributed by atoms with E-state index in [0.29, 0.717) is 5.25 Å². The van der Waals surface area contributed by atoms with Crippen molar-refractivity contribution in [2.45, 2.75) is 37.5 Å². The standard InChI is InChI=1S/C9H18N2OS/c1-3-11-9(8(10)12)5-4-6-13-7(9)2/h7,11H,3-6H2,1-2H3,(H2,10,12). The van der Waals surface area contributed by atoms with Gasteiger partial charge in [0.2, 0.25) is 5.91 Å². The third kappa shape index (κ3) is 1.99. The first kappa shape index (κ1) is 10.9.